The zero-order valence-electron chi connectivity index (χ0n) is 12.8. The van der Waals surface area contributed by atoms with Gasteiger partial charge >= 0.3 is 0 Å². The smallest absolute Gasteiger partial charge is 0.118 e. The lowest BCUT2D eigenvalue weighted by Crippen LogP contribution is -2.24. The van der Waals surface area contributed by atoms with Crippen molar-refractivity contribution in [1.29, 1.82) is 0 Å². The maximum atomic E-state index is 11.0. The van der Waals surface area contributed by atoms with Gasteiger partial charge in [0, 0.05) is 0 Å². The highest BCUT2D eigenvalue weighted by atomic mass is 16.5. The van der Waals surface area contributed by atoms with Crippen LogP contribution in [0, 0.1) is 20.8 Å². The molecule has 1 N–H and O–H groups in total. The number of aryl methyl sites for hydroxylation is 3. The quantitative estimate of drug-likeness (QED) is 0.917. The van der Waals surface area contributed by atoms with E-state index in [1.165, 1.54) is 11.1 Å². The standard InChI is InChI=1S/C18H22O2/c1-12-10-14(3)17(11-13(12)2)18(4,19)15-6-8-16(20-5)9-7-15/h6-11,19H,1-5H3. The molecule has 2 aromatic carbocycles. The van der Waals surface area contributed by atoms with E-state index in [4.69, 9.17) is 4.74 Å². The summed E-state index contributed by atoms with van der Waals surface area (Å²) >= 11 is 0. The number of methoxy groups -OCH3 is 1. The second kappa shape index (κ2) is 5.29. The molecule has 0 saturated heterocycles. The molecule has 0 amide bonds. The number of ether oxygens (including phenoxy) is 1. The third-order valence-corrected chi connectivity index (χ3v) is 4.02. The molecule has 2 nitrogen and oxygen atoms in total. The minimum atomic E-state index is -1.01. The zero-order chi connectivity index (χ0) is 14.9. The maximum absolute atomic E-state index is 11.0. The van der Waals surface area contributed by atoms with E-state index >= 15 is 0 Å². The van der Waals surface area contributed by atoms with Gasteiger partial charge in [-0.05, 0) is 67.6 Å². The number of rotatable bonds is 3. The Balaban J connectivity index is 2.50. The first-order valence-corrected chi connectivity index (χ1v) is 6.81. The van der Waals surface area contributed by atoms with E-state index in [1.807, 2.05) is 38.1 Å². The second-order valence-electron chi connectivity index (χ2n) is 5.55. The van der Waals surface area contributed by atoms with Crippen molar-refractivity contribution in [3.63, 3.8) is 0 Å². The molecule has 0 fully saturated rings. The highest BCUT2D eigenvalue weighted by molar-refractivity contribution is 5.45. The maximum Gasteiger partial charge on any atom is 0.118 e. The molecule has 2 aromatic rings. The minimum absolute atomic E-state index is 0.793. The van der Waals surface area contributed by atoms with E-state index in [2.05, 4.69) is 26.0 Å². The molecule has 2 heteroatoms. The highest BCUT2D eigenvalue weighted by Crippen LogP contribution is 2.33. The van der Waals surface area contributed by atoms with Gasteiger partial charge < -0.3 is 9.84 Å². The van der Waals surface area contributed by atoms with Gasteiger partial charge in [0.25, 0.3) is 0 Å². The van der Waals surface area contributed by atoms with Gasteiger partial charge in [-0.1, -0.05) is 24.3 Å². The van der Waals surface area contributed by atoms with Crippen LogP contribution in [0.1, 0.15) is 34.7 Å². The lowest BCUT2D eigenvalue weighted by atomic mass is 9.84. The first-order valence-electron chi connectivity index (χ1n) is 6.81. The molecule has 0 heterocycles. The monoisotopic (exact) mass is 270 g/mol. The number of aliphatic hydroxyl groups is 1. The lowest BCUT2D eigenvalue weighted by molar-refractivity contribution is 0.101. The third kappa shape index (κ3) is 2.56. The molecule has 2 rings (SSSR count). The van der Waals surface area contributed by atoms with E-state index in [-0.39, 0.29) is 0 Å². The van der Waals surface area contributed by atoms with Crippen LogP contribution in [0.4, 0.5) is 0 Å². The minimum Gasteiger partial charge on any atom is -0.497 e. The van der Waals surface area contributed by atoms with Crippen molar-refractivity contribution in [2.45, 2.75) is 33.3 Å². The molecule has 0 spiro atoms. The molecule has 0 bridgehead atoms. The summed E-state index contributed by atoms with van der Waals surface area (Å²) in [5.41, 5.74) is 4.36. The molecule has 106 valence electrons. The lowest BCUT2D eigenvalue weighted by Gasteiger charge is -2.27. The Morgan fingerprint density at radius 1 is 0.900 bits per heavy atom. The summed E-state index contributed by atoms with van der Waals surface area (Å²) in [4.78, 5) is 0. The van der Waals surface area contributed by atoms with Gasteiger partial charge in [0.2, 0.25) is 0 Å². The topological polar surface area (TPSA) is 29.5 Å². The predicted octanol–water partition coefficient (Wildman–Crippen LogP) is 3.88. The van der Waals surface area contributed by atoms with Gasteiger partial charge in [-0.3, -0.25) is 0 Å². The van der Waals surface area contributed by atoms with Crippen molar-refractivity contribution in [1.82, 2.24) is 0 Å². The average Bonchev–Trinajstić information content (AvgIpc) is 2.42. The average molecular weight is 270 g/mol. The normalized spacial score (nSPS) is 13.9. The fourth-order valence-electron chi connectivity index (χ4n) is 2.56. The Morgan fingerprint density at radius 2 is 1.45 bits per heavy atom. The van der Waals surface area contributed by atoms with Crippen molar-refractivity contribution in [2.75, 3.05) is 7.11 Å². The summed E-state index contributed by atoms with van der Waals surface area (Å²) in [7, 11) is 1.64. The van der Waals surface area contributed by atoms with Crippen molar-refractivity contribution >= 4 is 0 Å². The summed E-state index contributed by atoms with van der Waals surface area (Å²) in [5.74, 6) is 0.793. The van der Waals surface area contributed by atoms with Gasteiger partial charge in [-0.2, -0.15) is 0 Å². The van der Waals surface area contributed by atoms with E-state index in [0.29, 0.717) is 0 Å². The molecule has 0 radical (unpaired) electrons. The first-order chi connectivity index (χ1) is 9.36. The molecule has 20 heavy (non-hydrogen) atoms. The van der Waals surface area contributed by atoms with E-state index < -0.39 is 5.60 Å². The van der Waals surface area contributed by atoms with Crippen LogP contribution in [0.5, 0.6) is 5.75 Å². The Bertz CT molecular complexity index is 610. The summed E-state index contributed by atoms with van der Waals surface area (Å²) in [6, 6.07) is 11.8. The van der Waals surface area contributed by atoms with Gasteiger partial charge in [0.1, 0.15) is 11.4 Å². The number of hydrogen-bond acceptors (Lipinski definition) is 2. The molecular weight excluding hydrogens is 248 g/mol. The van der Waals surface area contributed by atoms with E-state index in [9.17, 15) is 5.11 Å². The summed E-state index contributed by atoms with van der Waals surface area (Å²) in [6.07, 6.45) is 0. The Kier molecular flexibility index (Phi) is 3.87. The van der Waals surface area contributed by atoms with Crippen molar-refractivity contribution in [2.24, 2.45) is 0 Å². The van der Waals surface area contributed by atoms with Crippen LogP contribution in [0.2, 0.25) is 0 Å². The van der Waals surface area contributed by atoms with Gasteiger partial charge in [0.15, 0.2) is 0 Å². The molecule has 0 aliphatic rings. The van der Waals surface area contributed by atoms with Crippen LogP contribution in [-0.4, -0.2) is 12.2 Å². The van der Waals surface area contributed by atoms with Gasteiger partial charge in [0.05, 0.1) is 7.11 Å². The fourth-order valence-corrected chi connectivity index (χ4v) is 2.56. The molecule has 0 aliphatic carbocycles. The van der Waals surface area contributed by atoms with Gasteiger partial charge in [-0.15, -0.1) is 0 Å². The fraction of sp³-hybridized carbons (Fsp3) is 0.333. The van der Waals surface area contributed by atoms with Gasteiger partial charge in [-0.25, -0.2) is 0 Å². The summed E-state index contributed by atoms with van der Waals surface area (Å²) < 4.78 is 5.16. The first kappa shape index (κ1) is 14.6. The predicted molar refractivity (Wildman–Crippen MR) is 82.3 cm³/mol. The van der Waals surface area contributed by atoms with E-state index in [1.54, 1.807) is 7.11 Å². The Labute approximate surface area is 121 Å². The number of hydrogen-bond donors (Lipinski definition) is 1. The summed E-state index contributed by atoms with van der Waals surface area (Å²) in [6.45, 7) is 8.04. The van der Waals surface area contributed by atoms with Crippen molar-refractivity contribution in [3.8, 4) is 5.75 Å². The third-order valence-electron chi connectivity index (χ3n) is 4.02. The van der Waals surface area contributed by atoms with Crippen LogP contribution in [0.3, 0.4) is 0 Å². The largest absolute Gasteiger partial charge is 0.497 e. The highest BCUT2D eigenvalue weighted by Gasteiger charge is 2.27. The molecule has 0 saturated carbocycles. The molecule has 1 unspecified atom stereocenters. The molecule has 0 aromatic heterocycles. The van der Waals surface area contributed by atoms with Crippen LogP contribution in [-0.2, 0) is 5.60 Å². The molecular formula is C18H22O2. The Hall–Kier alpha value is -1.80. The van der Waals surface area contributed by atoms with E-state index in [0.717, 1.165) is 22.4 Å². The SMILES string of the molecule is COc1ccc(C(C)(O)c2cc(C)c(C)cc2C)cc1. The molecule has 0 aliphatic heterocycles. The van der Waals surface area contributed by atoms with Crippen molar-refractivity contribution < 1.29 is 9.84 Å². The zero-order valence-corrected chi connectivity index (χ0v) is 12.8. The van der Waals surface area contributed by atoms with Crippen LogP contribution in [0.15, 0.2) is 36.4 Å². The number of benzene rings is 2. The van der Waals surface area contributed by atoms with Crippen LogP contribution in [0.25, 0.3) is 0 Å². The van der Waals surface area contributed by atoms with Crippen LogP contribution < -0.4 is 4.74 Å². The summed E-state index contributed by atoms with van der Waals surface area (Å²) in [5, 5.41) is 11.0. The Morgan fingerprint density at radius 3 is 2.00 bits per heavy atom. The molecule has 1 atom stereocenters. The van der Waals surface area contributed by atoms with Crippen molar-refractivity contribution in [3.05, 3.63) is 64.2 Å². The second-order valence-corrected chi connectivity index (χ2v) is 5.55. The van der Waals surface area contributed by atoms with Crippen LogP contribution >= 0.6 is 0 Å².